The zero-order valence-corrected chi connectivity index (χ0v) is 18.6. The van der Waals surface area contributed by atoms with Gasteiger partial charge in [-0.3, -0.25) is 9.89 Å². The molecule has 1 aromatic heterocycles. The molecule has 0 bridgehead atoms. The third-order valence-electron chi connectivity index (χ3n) is 5.27. The molecule has 1 aliphatic rings. The van der Waals surface area contributed by atoms with Gasteiger partial charge >= 0.3 is 0 Å². The predicted octanol–water partition coefficient (Wildman–Crippen LogP) is 3.51. The van der Waals surface area contributed by atoms with E-state index in [1.807, 2.05) is 12.3 Å². The Balaban J connectivity index is 0.00000261. The number of rotatable bonds is 7. The molecule has 1 atom stereocenters. The van der Waals surface area contributed by atoms with E-state index in [9.17, 15) is 4.39 Å². The van der Waals surface area contributed by atoms with E-state index in [0.29, 0.717) is 6.04 Å². The van der Waals surface area contributed by atoms with Crippen LogP contribution >= 0.6 is 24.0 Å². The van der Waals surface area contributed by atoms with Crippen molar-refractivity contribution in [1.29, 1.82) is 0 Å². The molecular formula is C20H31FIN5. The first-order valence-electron chi connectivity index (χ1n) is 9.65. The maximum absolute atomic E-state index is 13.3. The number of nitrogens with zero attached hydrogens (tertiary/aromatic N) is 2. The van der Waals surface area contributed by atoms with Gasteiger partial charge in [-0.15, -0.1) is 24.0 Å². The molecule has 7 heteroatoms. The summed E-state index contributed by atoms with van der Waals surface area (Å²) in [6.07, 6.45) is 6.60. The van der Waals surface area contributed by atoms with Gasteiger partial charge in [-0.05, 0) is 62.5 Å². The van der Waals surface area contributed by atoms with Gasteiger partial charge in [0.05, 0.1) is 0 Å². The summed E-state index contributed by atoms with van der Waals surface area (Å²) in [5.41, 5.74) is 2.03. The number of aromatic nitrogens is 1. The van der Waals surface area contributed by atoms with Crippen molar-refractivity contribution in [1.82, 2.24) is 20.5 Å². The van der Waals surface area contributed by atoms with E-state index >= 15 is 0 Å². The van der Waals surface area contributed by atoms with Crippen LogP contribution in [-0.2, 0) is 6.42 Å². The van der Waals surface area contributed by atoms with Crippen LogP contribution in [0.3, 0.4) is 0 Å². The lowest BCUT2D eigenvalue weighted by Gasteiger charge is -2.27. The Morgan fingerprint density at radius 3 is 2.78 bits per heavy atom. The molecule has 3 N–H and O–H groups in total. The van der Waals surface area contributed by atoms with E-state index < -0.39 is 0 Å². The highest BCUT2D eigenvalue weighted by molar-refractivity contribution is 14.0. The number of benzene rings is 1. The quantitative estimate of drug-likeness (QED) is 0.319. The minimum Gasteiger partial charge on any atom is -0.361 e. The first kappa shape index (κ1) is 21.9. The normalized spacial score (nSPS) is 16.3. The van der Waals surface area contributed by atoms with Crippen molar-refractivity contribution in [2.24, 2.45) is 4.99 Å². The van der Waals surface area contributed by atoms with E-state index in [0.717, 1.165) is 42.8 Å². The van der Waals surface area contributed by atoms with Crippen molar-refractivity contribution in [3.63, 3.8) is 0 Å². The molecule has 1 aliphatic heterocycles. The lowest BCUT2D eigenvalue weighted by molar-refractivity contribution is 0.236. The number of fused-ring (bicyclic) bond motifs is 1. The van der Waals surface area contributed by atoms with Gasteiger partial charge in [-0.2, -0.15) is 0 Å². The highest BCUT2D eigenvalue weighted by atomic mass is 127. The van der Waals surface area contributed by atoms with Crippen molar-refractivity contribution in [2.45, 2.75) is 38.6 Å². The Hall–Kier alpha value is -1.35. The Morgan fingerprint density at radius 2 is 2.07 bits per heavy atom. The zero-order chi connectivity index (χ0) is 18.4. The van der Waals surface area contributed by atoms with Gasteiger partial charge in [-0.25, -0.2) is 4.39 Å². The second-order valence-corrected chi connectivity index (χ2v) is 6.94. The summed E-state index contributed by atoms with van der Waals surface area (Å²) in [5, 5.41) is 7.93. The number of hydrogen-bond donors (Lipinski definition) is 3. The number of nitrogens with one attached hydrogen (secondary N) is 3. The smallest absolute Gasteiger partial charge is 0.191 e. The molecule has 2 heterocycles. The van der Waals surface area contributed by atoms with Crippen LogP contribution in [0.1, 0.15) is 31.7 Å². The SMILES string of the molecule is CCC(CNC(=NC)NCCc1c[nH]c2cc(F)ccc12)N1CCCC1.I. The number of guanidine groups is 1. The summed E-state index contributed by atoms with van der Waals surface area (Å²) in [5.74, 6) is 0.630. The van der Waals surface area contributed by atoms with Gasteiger partial charge in [0.2, 0.25) is 0 Å². The van der Waals surface area contributed by atoms with E-state index in [1.165, 1.54) is 43.6 Å². The van der Waals surface area contributed by atoms with Crippen molar-refractivity contribution in [3.05, 3.63) is 35.8 Å². The molecule has 27 heavy (non-hydrogen) atoms. The number of likely N-dealkylation sites (tertiary alicyclic amines) is 1. The molecule has 0 amide bonds. The molecule has 5 nitrogen and oxygen atoms in total. The molecule has 0 saturated carbocycles. The van der Waals surface area contributed by atoms with E-state index in [1.54, 1.807) is 7.05 Å². The second-order valence-electron chi connectivity index (χ2n) is 6.94. The van der Waals surface area contributed by atoms with Crippen molar-refractivity contribution < 1.29 is 4.39 Å². The van der Waals surface area contributed by atoms with Crippen LogP contribution in [0.4, 0.5) is 4.39 Å². The second kappa shape index (κ2) is 10.8. The molecule has 2 aromatic rings. The summed E-state index contributed by atoms with van der Waals surface area (Å²) in [7, 11) is 1.81. The summed E-state index contributed by atoms with van der Waals surface area (Å²) in [6, 6.07) is 5.46. The topological polar surface area (TPSA) is 55.5 Å². The highest BCUT2D eigenvalue weighted by Gasteiger charge is 2.20. The van der Waals surface area contributed by atoms with Gasteiger partial charge in [0.1, 0.15) is 5.82 Å². The minimum atomic E-state index is -0.211. The van der Waals surface area contributed by atoms with Crippen LogP contribution in [0.15, 0.2) is 29.4 Å². The summed E-state index contributed by atoms with van der Waals surface area (Å²) in [6.45, 7) is 6.38. The van der Waals surface area contributed by atoms with Crippen molar-refractivity contribution >= 4 is 40.8 Å². The Morgan fingerprint density at radius 1 is 1.30 bits per heavy atom. The van der Waals surface area contributed by atoms with Crippen molar-refractivity contribution in [2.75, 3.05) is 33.2 Å². The van der Waals surface area contributed by atoms with Gasteiger partial charge in [0.15, 0.2) is 5.96 Å². The van der Waals surface area contributed by atoms with Crippen LogP contribution < -0.4 is 10.6 Å². The molecule has 0 aliphatic carbocycles. The average Bonchev–Trinajstić information content (AvgIpc) is 3.31. The van der Waals surface area contributed by atoms with Gasteiger partial charge in [0, 0.05) is 43.3 Å². The molecule has 0 spiro atoms. The Bertz CT molecular complexity index is 739. The maximum atomic E-state index is 13.3. The summed E-state index contributed by atoms with van der Waals surface area (Å²) >= 11 is 0. The summed E-state index contributed by atoms with van der Waals surface area (Å²) in [4.78, 5) is 10.0. The van der Waals surface area contributed by atoms with Crippen LogP contribution in [0.5, 0.6) is 0 Å². The molecule has 1 unspecified atom stereocenters. The fraction of sp³-hybridized carbons (Fsp3) is 0.550. The minimum absolute atomic E-state index is 0. The first-order chi connectivity index (χ1) is 12.7. The van der Waals surface area contributed by atoms with E-state index in [2.05, 4.69) is 32.4 Å². The first-order valence-corrected chi connectivity index (χ1v) is 9.65. The fourth-order valence-electron chi connectivity index (χ4n) is 3.75. The largest absolute Gasteiger partial charge is 0.361 e. The standard InChI is InChI=1S/C20H30FN5.HI/c1-3-17(26-10-4-5-11-26)14-25-20(22-2)23-9-8-15-13-24-19-12-16(21)6-7-18(15)19;/h6-7,12-13,17,24H,3-5,8-11,14H2,1-2H3,(H2,22,23,25);1H. The molecule has 1 saturated heterocycles. The molecule has 1 aromatic carbocycles. The van der Waals surface area contributed by atoms with Gasteiger partial charge in [0.25, 0.3) is 0 Å². The zero-order valence-electron chi connectivity index (χ0n) is 16.2. The predicted molar refractivity (Wildman–Crippen MR) is 122 cm³/mol. The molecule has 150 valence electrons. The number of hydrogen-bond acceptors (Lipinski definition) is 2. The number of aromatic amines is 1. The number of H-pyrrole nitrogens is 1. The van der Waals surface area contributed by atoms with Gasteiger partial charge < -0.3 is 15.6 Å². The van der Waals surface area contributed by atoms with Crippen LogP contribution in [0, 0.1) is 5.82 Å². The average molecular weight is 487 g/mol. The third-order valence-corrected chi connectivity index (χ3v) is 5.27. The lowest BCUT2D eigenvalue weighted by atomic mass is 10.1. The van der Waals surface area contributed by atoms with Crippen LogP contribution in [0.25, 0.3) is 10.9 Å². The van der Waals surface area contributed by atoms with Crippen molar-refractivity contribution in [3.8, 4) is 0 Å². The van der Waals surface area contributed by atoms with E-state index in [-0.39, 0.29) is 29.8 Å². The molecule has 3 rings (SSSR count). The monoisotopic (exact) mass is 487 g/mol. The lowest BCUT2D eigenvalue weighted by Crippen LogP contribution is -2.46. The fourth-order valence-corrected chi connectivity index (χ4v) is 3.75. The Labute approximate surface area is 178 Å². The molecule has 1 fully saturated rings. The summed E-state index contributed by atoms with van der Waals surface area (Å²) < 4.78 is 13.3. The third kappa shape index (κ3) is 5.81. The number of aliphatic imine (C=N–C) groups is 1. The van der Waals surface area contributed by atoms with Gasteiger partial charge in [-0.1, -0.05) is 6.92 Å². The Kier molecular flexibility index (Phi) is 8.82. The molecular weight excluding hydrogens is 456 g/mol. The maximum Gasteiger partial charge on any atom is 0.191 e. The van der Waals surface area contributed by atoms with E-state index in [4.69, 9.17) is 0 Å². The van der Waals surface area contributed by atoms with Crippen LogP contribution in [0.2, 0.25) is 0 Å². The highest BCUT2D eigenvalue weighted by Crippen LogP contribution is 2.19. The molecule has 0 radical (unpaired) electrons. The number of halogens is 2. The van der Waals surface area contributed by atoms with Crippen LogP contribution in [-0.4, -0.2) is 55.1 Å².